The van der Waals surface area contributed by atoms with E-state index in [0.717, 1.165) is 13.1 Å². The van der Waals surface area contributed by atoms with E-state index in [1.165, 1.54) is 12.8 Å². The molecule has 1 N–H and O–H groups in total. The van der Waals surface area contributed by atoms with Crippen molar-refractivity contribution in [1.29, 1.82) is 0 Å². The number of carboxylic acids is 1. The number of rotatable bonds is 6. The summed E-state index contributed by atoms with van der Waals surface area (Å²) in [6, 6.07) is 0.699. The maximum atomic E-state index is 11.8. The molecule has 1 amide bonds. The molecule has 5 heteroatoms. The molecule has 2 rings (SSSR count). The number of aliphatic carboxylic acids is 1. The van der Waals surface area contributed by atoms with Crippen molar-refractivity contribution >= 4 is 11.9 Å². The third kappa shape index (κ3) is 3.22. The average molecular weight is 254 g/mol. The summed E-state index contributed by atoms with van der Waals surface area (Å²) in [5.41, 5.74) is 0. The van der Waals surface area contributed by atoms with Crippen LogP contribution in [0.3, 0.4) is 0 Å². The van der Waals surface area contributed by atoms with Gasteiger partial charge in [0.05, 0.1) is 5.92 Å². The van der Waals surface area contributed by atoms with Crippen LogP contribution in [0.4, 0.5) is 0 Å². The molecule has 1 heterocycles. The Morgan fingerprint density at radius 2 is 2.17 bits per heavy atom. The van der Waals surface area contributed by atoms with E-state index in [2.05, 4.69) is 11.8 Å². The predicted octanol–water partition coefficient (Wildman–Crippen LogP) is 0.794. The summed E-state index contributed by atoms with van der Waals surface area (Å²) in [6.45, 7) is 5.08. The Morgan fingerprint density at radius 1 is 1.44 bits per heavy atom. The molecule has 1 aliphatic heterocycles. The van der Waals surface area contributed by atoms with Crippen LogP contribution in [0.2, 0.25) is 0 Å². The summed E-state index contributed by atoms with van der Waals surface area (Å²) in [7, 11) is 0. The van der Waals surface area contributed by atoms with Crippen molar-refractivity contribution in [2.75, 3.05) is 26.2 Å². The number of carbonyl (C=O) groups excluding carboxylic acids is 1. The summed E-state index contributed by atoms with van der Waals surface area (Å²) < 4.78 is 0. The standard InChI is InChI=1S/C13H22N2O3/c1-2-14(11-4-5-11)7-8-15-9-10(13(17)18)3-6-12(15)16/h10-11H,2-9H2,1H3,(H,17,18). The fourth-order valence-corrected chi connectivity index (χ4v) is 2.62. The van der Waals surface area contributed by atoms with Gasteiger partial charge in [-0.2, -0.15) is 0 Å². The van der Waals surface area contributed by atoms with Crippen molar-refractivity contribution < 1.29 is 14.7 Å². The highest BCUT2D eigenvalue weighted by Gasteiger charge is 2.32. The second-order valence-corrected chi connectivity index (χ2v) is 5.27. The first kappa shape index (κ1) is 13.3. The Labute approximate surface area is 108 Å². The van der Waals surface area contributed by atoms with E-state index < -0.39 is 5.97 Å². The minimum Gasteiger partial charge on any atom is -0.481 e. The Balaban J connectivity index is 1.82. The zero-order valence-electron chi connectivity index (χ0n) is 11.0. The molecule has 2 fully saturated rings. The number of nitrogens with zero attached hydrogens (tertiary/aromatic N) is 2. The fraction of sp³-hybridized carbons (Fsp3) is 0.846. The quantitative estimate of drug-likeness (QED) is 0.761. The van der Waals surface area contributed by atoms with Gasteiger partial charge in [0.2, 0.25) is 5.91 Å². The molecular formula is C13H22N2O3. The van der Waals surface area contributed by atoms with Crippen LogP contribution in [0.1, 0.15) is 32.6 Å². The minimum atomic E-state index is -0.776. The van der Waals surface area contributed by atoms with E-state index in [0.29, 0.717) is 32.0 Å². The van der Waals surface area contributed by atoms with E-state index >= 15 is 0 Å². The number of likely N-dealkylation sites (N-methyl/N-ethyl adjacent to an activating group) is 1. The molecule has 18 heavy (non-hydrogen) atoms. The molecule has 5 nitrogen and oxygen atoms in total. The Kier molecular flexibility index (Phi) is 4.22. The number of piperidine rings is 1. The first-order valence-corrected chi connectivity index (χ1v) is 6.86. The van der Waals surface area contributed by atoms with Gasteiger partial charge in [-0.15, -0.1) is 0 Å². The first-order valence-electron chi connectivity index (χ1n) is 6.86. The largest absolute Gasteiger partial charge is 0.481 e. The van der Waals surface area contributed by atoms with E-state index in [1.54, 1.807) is 4.90 Å². The van der Waals surface area contributed by atoms with Crippen LogP contribution in [0, 0.1) is 5.92 Å². The number of amides is 1. The molecule has 1 saturated carbocycles. The highest BCUT2D eigenvalue weighted by Crippen LogP contribution is 2.26. The van der Waals surface area contributed by atoms with Gasteiger partial charge in [-0.05, 0) is 25.8 Å². The van der Waals surface area contributed by atoms with E-state index in [-0.39, 0.29) is 11.8 Å². The second kappa shape index (κ2) is 5.69. The molecule has 1 saturated heterocycles. The predicted molar refractivity (Wildman–Crippen MR) is 67.2 cm³/mol. The summed E-state index contributed by atoms with van der Waals surface area (Å²) in [4.78, 5) is 26.9. The molecule has 0 bridgehead atoms. The van der Waals surface area contributed by atoms with Gasteiger partial charge in [0, 0.05) is 32.1 Å². The Hall–Kier alpha value is -1.10. The molecule has 1 aliphatic carbocycles. The van der Waals surface area contributed by atoms with Crippen LogP contribution in [0.25, 0.3) is 0 Å². The maximum Gasteiger partial charge on any atom is 0.308 e. The van der Waals surface area contributed by atoms with Crippen molar-refractivity contribution in [1.82, 2.24) is 9.80 Å². The van der Waals surface area contributed by atoms with Crippen molar-refractivity contribution in [2.45, 2.75) is 38.6 Å². The molecule has 0 spiro atoms. The summed E-state index contributed by atoms with van der Waals surface area (Å²) in [5.74, 6) is -1.04. The van der Waals surface area contributed by atoms with Gasteiger partial charge in [0.15, 0.2) is 0 Å². The number of hydrogen-bond acceptors (Lipinski definition) is 3. The monoisotopic (exact) mass is 254 g/mol. The van der Waals surface area contributed by atoms with Crippen LogP contribution in [0.15, 0.2) is 0 Å². The lowest BCUT2D eigenvalue weighted by Crippen LogP contribution is -2.46. The van der Waals surface area contributed by atoms with E-state index in [4.69, 9.17) is 5.11 Å². The van der Waals surface area contributed by atoms with Gasteiger partial charge in [0.1, 0.15) is 0 Å². The molecule has 0 aromatic heterocycles. The Bertz CT molecular complexity index is 328. The van der Waals surface area contributed by atoms with Gasteiger partial charge in [-0.25, -0.2) is 0 Å². The number of hydrogen-bond donors (Lipinski definition) is 1. The zero-order chi connectivity index (χ0) is 13.1. The van der Waals surface area contributed by atoms with Crippen LogP contribution in [-0.4, -0.2) is 59.0 Å². The topological polar surface area (TPSA) is 60.9 Å². The van der Waals surface area contributed by atoms with Gasteiger partial charge < -0.3 is 10.0 Å². The summed E-state index contributed by atoms with van der Waals surface area (Å²) in [5, 5.41) is 9.02. The van der Waals surface area contributed by atoms with Crippen molar-refractivity contribution in [3.8, 4) is 0 Å². The average Bonchev–Trinajstić information content (AvgIpc) is 3.16. The molecule has 1 unspecified atom stereocenters. The van der Waals surface area contributed by atoms with Gasteiger partial charge >= 0.3 is 5.97 Å². The zero-order valence-corrected chi connectivity index (χ0v) is 11.0. The molecular weight excluding hydrogens is 232 g/mol. The SMILES string of the molecule is CCN(CCN1CC(C(=O)O)CCC1=O)C1CC1. The molecule has 0 radical (unpaired) electrons. The Morgan fingerprint density at radius 3 is 2.72 bits per heavy atom. The van der Waals surface area contributed by atoms with E-state index in [9.17, 15) is 9.59 Å². The third-order valence-corrected chi connectivity index (χ3v) is 3.98. The smallest absolute Gasteiger partial charge is 0.308 e. The minimum absolute atomic E-state index is 0.111. The number of carbonyl (C=O) groups is 2. The van der Waals surface area contributed by atoms with Crippen molar-refractivity contribution in [2.24, 2.45) is 5.92 Å². The lowest BCUT2D eigenvalue weighted by atomic mass is 9.98. The molecule has 0 aromatic carbocycles. The van der Waals surface area contributed by atoms with Crippen LogP contribution >= 0.6 is 0 Å². The molecule has 0 aromatic rings. The lowest BCUT2D eigenvalue weighted by Gasteiger charge is -2.32. The molecule has 1 atom stereocenters. The second-order valence-electron chi connectivity index (χ2n) is 5.27. The third-order valence-electron chi connectivity index (χ3n) is 3.98. The maximum absolute atomic E-state index is 11.8. The van der Waals surface area contributed by atoms with Crippen LogP contribution in [0.5, 0.6) is 0 Å². The summed E-state index contributed by atoms with van der Waals surface area (Å²) >= 11 is 0. The van der Waals surface area contributed by atoms with E-state index in [1.807, 2.05) is 0 Å². The number of carboxylic acid groups (broad SMARTS) is 1. The highest BCUT2D eigenvalue weighted by molar-refractivity contribution is 5.80. The van der Waals surface area contributed by atoms with Gasteiger partial charge in [0.25, 0.3) is 0 Å². The van der Waals surface area contributed by atoms with Crippen molar-refractivity contribution in [3.05, 3.63) is 0 Å². The number of likely N-dealkylation sites (tertiary alicyclic amines) is 1. The summed E-state index contributed by atoms with van der Waals surface area (Å²) in [6.07, 6.45) is 3.40. The van der Waals surface area contributed by atoms with Crippen LogP contribution in [-0.2, 0) is 9.59 Å². The molecule has 102 valence electrons. The lowest BCUT2D eigenvalue weighted by molar-refractivity contribution is -0.147. The van der Waals surface area contributed by atoms with Gasteiger partial charge in [-0.3, -0.25) is 14.5 Å². The highest BCUT2D eigenvalue weighted by atomic mass is 16.4. The normalized spacial score (nSPS) is 24.7. The van der Waals surface area contributed by atoms with Crippen molar-refractivity contribution in [3.63, 3.8) is 0 Å². The van der Waals surface area contributed by atoms with Crippen LogP contribution < -0.4 is 0 Å². The van der Waals surface area contributed by atoms with Gasteiger partial charge in [-0.1, -0.05) is 6.92 Å². The first-order chi connectivity index (χ1) is 8.61. The molecule has 2 aliphatic rings. The fourth-order valence-electron chi connectivity index (χ4n) is 2.62.